The van der Waals surface area contributed by atoms with Crippen molar-refractivity contribution in [2.45, 2.75) is 19.9 Å². The number of methoxy groups -OCH3 is 2. The summed E-state index contributed by atoms with van der Waals surface area (Å²) in [7, 11) is 3.21. The molecule has 2 aromatic heterocycles. The standard InChI is InChI=1S/C23H24N4O4/c1-15-25-26-23(31-15)18-6-5-17-9-11-27(19(17)13-18)14-22(28)24-10-8-16-4-7-20(29-2)21(12-16)30-3/h4-7,9,11-13H,8,10,14H2,1-3H3,(H,24,28). The fourth-order valence-electron chi connectivity index (χ4n) is 3.46. The summed E-state index contributed by atoms with van der Waals surface area (Å²) in [4.78, 5) is 12.5. The van der Waals surface area contributed by atoms with E-state index in [-0.39, 0.29) is 12.5 Å². The van der Waals surface area contributed by atoms with Gasteiger partial charge in [0.25, 0.3) is 0 Å². The molecule has 2 heterocycles. The Kier molecular flexibility index (Phi) is 5.88. The number of rotatable bonds is 8. The number of carbonyl (C=O) groups excluding carboxylic acids is 1. The Morgan fingerprint density at radius 2 is 1.90 bits per heavy atom. The summed E-state index contributed by atoms with van der Waals surface area (Å²) < 4.78 is 18.0. The van der Waals surface area contributed by atoms with Crippen molar-refractivity contribution in [2.24, 2.45) is 0 Å². The van der Waals surface area contributed by atoms with Crippen LogP contribution in [0.2, 0.25) is 0 Å². The molecule has 160 valence electrons. The number of aryl methyl sites for hydroxylation is 1. The van der Waals surface area contributed by atoms with Crippen LogP contribution in [0.4, 0.5) is 0 Å². The van der Waals surface area contributed by atoms with E-state index in [1.165, 1.54) is 0 Å². The molecule has 0 fully saturated rings. The number of nitrogens with one attached hydrogen (secondary N) is 1. The lowest BCUT2D eigenvalue weighted by Crippen LogP contribution is -2.29. The van der Waals surface area contributed by atoms with E-state index >= 15 is 0 Å². The van der Waals surface area contributed by atoms with Crippen molar-refractivity contribution in [3.05, 3.63) is 60.1 Å². The Morgan fingerprint density at radius 1 is 1.06 bits per heavy atom. The fraction of sp³-hybridized carbons (Fsp3) is 0.261. The third kappa shape index (κ3) is 4.53. The van der Waals surface area contributed by atoms with Gasteiger partial charge in [0.15, 0.2) is 11.5 Å². The predicted octanol–water partition coefficient (Wildman–Crippen LogP) is 3.38. The molecule has 0 unspecified atom stereocenters. The van der Waals surface area contributed by atoms with Crippen molar-refractivity contribution in [2.75, 3.05) is 20.8 Å². The molecule has 0 aliphatic heterocycles. The minimum atomic E-state index is -0.0583. The number of hydrogen-bond acceptors (Lipinski definition) is 6. The van der Waals surface area contributed by atoms with Gasteiger partial charge < -0.3 is 23.8 Å². The first-order valence-corrected chi connectivity index (χ1v) is 9.94. The van der Waals surface area contributed by atoms with E-state index in [1.54, 1.807) is 21.1 Å². The summed E-state index contributed by atoms with van der Waals surface area (Å²) >= 11 is 0. The molecular formula is C23H24N4O4. The third-order valence-corrected chi connectivity index (χ3v) is 5.04. The Balaban J connectivity index is 1.39. The van der Waals surface area contributed by atoms with E-state index < -0.39 is 0 Å². The lowest BCUT2D eigenvalue weighted by atomic mass is 10.1. The lowest BCUT2D eigenvalue weighted by Gasteiger charge is -2.11. The van der Waals surface area contributed by atoms with Crippen LogP contribution in [0.1, 0.15) is 11.5 Å². The number of nitrogens with zero attached hydrogens (tertiary/aromatic N) is 3. The smallest absolute Gasteiger partial charge is 0.247 e. The molecule has 8 heteroatoms. The molecule has 0 radical (unpaired) electrons. The molecule has 0 aliphatic rings. The van der Waals surface area contributed by atoms with Crippen LogP contribution in [0, 0.1) is 6.92 Å². The Labute approximate surface area is 179 Å². The Morgan fingerprint density at radius 3 is 2.65 bits per heavy atom. The van der Waals surface area contributed by atoms with Crippen molar-refractivity contribution in [3.63, 3.8) is 0 Å². The molecule has 1 N–H and O–H groups in total. The maximum atomic E-state index is 12.5. The minimum absolute atomic E-state index is 0.0583. The number of fused-ring (bicyclic) bond motifs is 1. The zero-order valence-corrected chi connectivity index (χ0v) is 17.7. The number of amides is 1. The van der Waals surface area contributed by atoms with Gasteiger partial charge in [0.1, 0.15) is 6.54 Å². The average Bonchev–Trinajstić information content (AvgIpc) is 3.39. The largest absolute Gasteiger partial charge is 0.493 e. The first-order valence-electron chi connectivity index (χ1n) is 9.94. The Hall–Kier alpha value is -3.81. The molecule has 0 aliphatic carbocycles. The van der Waals surface area contributed by atoms with Gasteiger partial charge in [0, 0.05) is 30.7 Å². The van der Waals surface area contributed by atoms with Gasteiger partial charge in [-0.2, -0.15) is 0 Å². The second-order valence-electron chi connectivity index (χ2n) is 7.13. The third-order valence-electron chi connectivity index (χ3n) is 5.04. The number of ether oxygens (including phenoxy) is 2. The van der Waals surface area contributed by atoms with E-state index in [0.29, 0.717) is 36.2 Å². The normalized spacial score (nSPS) is 10.9. The zero-order chi connectivity index (χ0) is 21.8. The molecule has 0 atom stereocenters. The highest BCUT2D eigenvalue weighted by Gasteiger charge is 2.11. The van der Waals surface area contributed by atoms with Crippen LogP contribution in [0.5, 0.6) is 11.5 Å². The molecule has 2 aromatic carbocycles. The SMILES string of the molecule is COc1ccc(CCNC(=O)Cn2ccc3ccc(-c4nnc(C)o4)cc32)cc1OC. The van der Waals surface area contributed by atoms with Crippen LogP contribution in [0.3, 0.4) is 0 Å². The highest BCUT2D eigenvalue weighted by molar-refractivity contribution is 5.86. The quantitative estimate of drug-likeness (QED) is 0.470. The van der Waals surface area contributed by atoms with Gasteiger partial charge in [0.05, 0.1) is 14.2 Å². The molecule has 1 amide bonds. The van der Waals surface area contributed by atoms with Gasteiger partial charge in [-0.3, -0.25) is 4.79 Å². The maximum Gasteiger partial charge on any atom is 0.247 e. The first-order chi connectivity index (χ1) is 15.1. The van der Waals surface area contributed by atoms with E-state index in [1.807, 2.05) is 53.2 Å². The second-order valence-corrected chi connectivity index (χ2v) is 7.13. The Bertz CT molecular complexity index is 1210. The van der Waals surface area contributed by atoms with Crippen molar-refractivity contribution in [1.29, 1.82) is 0 Å². The summed E-state index contributed by atoms with van der Waals surface area (Å²) in [6, 6.07) is 13.6. The molecule has 4 aromatic rings. The lowest BCUT2D eigenvalue weighted by molar-refractivity contribution is -0.121. The van der Waals surface area contributed by atoms with Gasteiger partial charge in [0.2, 0.25) is 17.7 Å². The monoisotopic (exact) mass is 420 g/mol. The molecule has 0 saturated carbocycles. The van der Waals surface area contributed by atoms with Crippen LogP contribution < -0.4 is 14.8 Å². The van der Waals surface area contributed by atoms with Crippen LogP contribution in [-0.2, 0) is 17.8 Å². The maximum absolute atomic E-state index is 12.5. The van der Waals surface area contributed by atoms with E-state index in [0.717, 1.165) is 22.0 Å². The van der Waals surface area contributed by atoms with Crippen LogP contribution in [-0.4, -0.2) is 41.4 Å². The fourth-order valence-corrected chi connectivity index (χ4v) is 3.46. The van der Waals surface area contributed by atoms with Gasteiger partial charge in [-0.15, -0.1) is 10.2 Å². The van der Waals surface area contributed by atoms with Crippen LogP contribution >= 0.6 is 0 Å². The number of carbonyl (C=O) groups is 1. The van der Waals surface area contributed by atoms with Gasteiger partial charge >= 0.3 is 0 Å². The first kappa shape index (κ1) is 20.5. The molecule has 31 heavy (non-hydrogen) atoms. The van der Waals surface area contributed by atoms with Gasteiger partial charge in [-0.1, -0.05) is 12.1 Å². The molecule has 0 bridgehead atoms. The van der Waals surface area contributed by atoms with Crippen molar-refractivity contribution < 1.29 is 18.7 Å². The zero-order valence-electron chi connectivity index (χ0n) is 17.7. The summed E-state index contributed by atoms with van der Waals surface area (Å²) in [5, 5.41) is 12.0. The van der Waals surface area contributed by atoms with Crippen molar-refractivity contribution >= 4 is 16.8 Å². The summed E-state index contributed by atoms with van der Waals surface area (Å²) in [6.07, 6.45) is 2.60. The summed E-state index contributed by atoms with van der Waals surface area (Å²) in [5.74, 6) is 2.28. The highest BCUT2D eigenvalue weighted by atomic mass is 16.5. The molecular weight excluding hydrogens is 396 g/mol. The number of aromatic nitrogens is 3. The van der Waals surface area contributed by atoms with E-state index in [2.05, 4.69) is 15.5 Å². The second kappa shape index (κ2) is 8.91. The molecule has 0 saturated heterocycles. The minimum Gasteiger partial charge on any atom is -0.493 e. The average molecular weight is 420 g/mol. The molecule has 4 rings (SSSR count). The summed E-state index contributed by atoms with van der Waals surface area (Å²) in [6.45, 7) is 2.51. The van der Waals surface area contributed by atoms with Crippen LogP contribution in [0.25, 0.3) is 22.4 Å². The highest BCUT2D eigenvalue weighted by Crippen LogP contribution is 2.27. The summed E-state index contributed by atoms with van der Waals surface area (Å²) in [5.41, 5.74) is 2.81. The van der Waals surface area contributed by atoms with Crippen molar-refractivity contribution in [1.82, 2.24) is 20.1 Å². The molecule has 0 spiro atoms. The van der Waals surface area contributed by atoms with E-state index in [9.17, 15) is 4.79 Å². The predicted molar refractivity (Wildman–Crippen MR) is 116 cm³/mol. The number of hydrogen-bond donors (Lipinski definition) is 1. The number of benzene rings is 2. The van der Waals surface area contributed by atoms with Crippen molar-refractivity contribution in [3.8, 4) is 23.0 Å². The molecule has 8 nitrogen and oxygen atoms in total. The van der Waals surface area contributed by atoms with Crippen LogP contribution in [0.15, 0.2) is 53.1 Å². The van der Waals surface area contributed by atoms with Gasteiger partial charge in [-0.05, 0) is 47.7 Å². The topological polar surface area (TPSA) is 91.4 Å². The van der Waals surface area contributed by atoms with Gasteiger partial charge in [-0.25, -0.2) is 0 Å². The van der Waals surface area contributed by atoms with E-state index in [4.69, 9.17) is 13.9 Å².